The van der Waals surface area contributed by atoms with Crippen LogP contribution in [0.2, 0.25) is 0 Å². The number of thioether (sulfide) groups is 1. The minimum absolute atomic E-state index is 0.285. The fraction of sp³-hybridized carbons (Fsp3) is 0.158. The van der Waals surface area contributed by atoms with Gasteiger partial charge in [-0.05, 0) is 30.7 Å². The highest BCUT2D eigenvalue weighted by Crippen LogP contribution is 2.37. The molecule has 4 nitrogen and oxygen atoms in total. The lowest BCUT2D eigenvalue weighted by Crippen LogP contribution is -2.14. The number of carboxylic acids is 1. The molecule has 1 heterocycles. The highest BCUT2D eigenvalue weighted by atomic mass is 32.2. The van der Waals surface area contributed by atoms with Gasteiger partial charge in [0.1, 0.15) is 16.8 Å². The standard InChI is InChI=1S/C19H16FNO3S/c1-2-15(18(22)23)25-19-21-16(12-8-10-14(20)11-9-12)17(24-19)13-6-4-3-5-7-13/h3-11,15H,2H2,1H3,(H,22,23). The first kappa shape index (κ1) is 17.2. The van der Waals surface area contributed by atoms with Crippen LogP contribution in [-0.2, 0) is 4.79 Å². The molecule has 1 atom stereocenters. The molecule has 0 aliphatic heterocycles. The lowest BCUT2D eigenvalue weighted by atomic mass is 10.1. The van der Waals surface area contributed by atoms with Gasteiger partial charge in [0.2, 0.25) is 0 Å². The Bertz CT molecular complexity index is 862. The van der Waals surface area contributed by atoms with E-state index in [9.17, 15) is 14.3 Å². The molecule has 128 valence electrons. The molecule has 0 fully saturated rings. The van der Waals surface area contributed by atoms with Gasteiger partial charge in [0.25, 0.3) is 5.22 Å². The van der Waals surface area contributed by atoms with Gasteiger partial charge >= 0.3 is 5.97 Å². The number of hydrogen-bond acceptors (Lipinski definition) is 4. The van der Waals surface area contributed by atoms with Gasteiger partial charge in [0.15, 0.2) is 5.76 Å². The van der Waals surface area contributed by atoms with Crippen molar-refractivity contribution >= 4 is 17.7 Å². The van der Waals surface area contributed by atoms with Crippen LogP contribution in [0.15, 0.2) is 64.2 Å². The van der Waals surface area contributed by atoms with Crippen molar-refractivity contribution < 1.29 is 18.7 Å². The van der Waals surface area contributed by atoms with E-state index in [1.807, 2.05) is 30.3 Å². The molecule has 1 N–H and O–H groups in total. The number of carboxylic acid groups (broad SMARTS) is 1. The normalized spacial score (nSPS) is 12.1. The van der Waals surface area contributed by atoms with E-state index >= 15 is 0 Å². The van der Waals surface area contributed by atoms with E-state index in [4.69, 9.17) is 4.42 Å². The van der Waals surface area contributed by atoms with Crippen LogP contribution in [0, 0.1) is 5.82 Å². The summed E-state index contributed by atoms with van der Waals surface area (Å²) in [6.07, 6.45) is 0.453. The zero-order valence-electron chi connectivity index (χ0n) is 13.5. The summed E-state index contributed by atoms with van der Waals surface area (Å²) >= 11 is 1.07. The van der Waals surface area contributed by atoms with Crippen molar-refractivity contribution in [3.63, 3.8) is 0 Å². The quantitative estimate of drug-likeness (QED) is 0.622. The summed E-state index contributed by atoms with van der Waals surface area (Å²) in [5, 5.41) is 8.89. The van der Waals surface area contributed by atoms with Gasteiger partial charge in [0, 0.05) is 11.1 Å². The summed E-state index contributed by atoms with van der Waals surface area (Å²) in [7, 11) is 0. The molecule has 0 saturated carbocycles. The fourth-order valence-corrected chi connectivity index (χ4v) is 3.16. The Kier molecular flexibility index (Phi) is 5.19. The van der Waals surface area contributed by atoms with Crippen molar-refractivity contribution in [2.45, 2.75) is 23.8 Å². The van der Waals surface area contributed by atoms with Gasteiger partial charge in [-0.25, -0.2) is 9.37 Å². The summed E-state index contributed by atoms with van der Waals surface area (Å²) < 4.78 is 19.1. The van der Waals surface area contributed by atoms with Crippen LogP contribution >= 0.6 is 11.8 Å². The molecule has 3 rings (SSSR count). The molecule has 6 heteroatoms. The van der Waals surface area contributed by atoms with Gasteiger partial charge in [-0.1, -0.05) is 49.0 Å². The van der Waals surface area contributed by atoms with Crippen molar-refractivity contribution in [2.24, 2.45) is 0 Å². The van der Waals surface area contributed by atoms with Crippen LogP contribution in [0.5, 0.6) is 0 Å². The predicted molar refractivity (Wildman–Crippen MR) is 94.9 cm³/mol. The minimum Gasteiger partial charge on any atom is -0.480 e. The predicted octanol–water partition coefficient (Wildman–Crippen LogP) is 5.10. The molecule has 1 unspecified atom stereocenters. The average molecular weight is 357 g/mol. The van der Waals surface area contributed by atoms with Crippen molar-refractivity contribution in [3.05, 3.63) is 60.4 Å². The average Bonchev–Trinajstić information content (AvgIpc) is 3.05. The molecule has 3 aromatic rings. The molecule has 0 bridgehead atoms. The summed E-state index contributed by atoms with van der Waals surface area (Å²) in [6, 6.07) is 15.4. The van der Waals surface area contributed by atoms with Gasteiger partial charge in [0.05, 0.1) is 0 Å². The zero-order chi connectivity index (χ0) is 17.8. The Morgan fingerprint density at radius 2 is 1.84 bits per heavy atom. The number of halogens is 1. The maximum absolute atomic E-state index is 13.2. The number of aliphatic carboxylic acids is 1. The second-order valence-electron chi connectivity index (χ2n) is 5.38. The molecule has 0 amide bonds. The molecule has 0 aliphatic rings. The molecule has 0 radical (unpaired) electrons. The number of aromatic nitrogens is 1. The number of oxazole rings is 1. The highest BCUT2D eigenvalue weighted by molar-refractivity contribution is 8.00. The van der Waals surface area contributed by atoms with Crippen molar-refractivity contribution in [1.29, 1.82) is 0 Å². The third kappa shape index (κ3) is 3.91. The van der Waals surface area contributed by atoms with Crippen molar-refractivity contribution in [3.8, 4) is 22.6 Å². The molecule has 0 aliphatic carbocycles. The summed E-state index contributed by atoms with van der Waals surface area (Å²) in [5.41, 5.74) is 2.10. The molecule has 1 aromatic heterocycles. The minimum atomic E-state index is -0.907. The van der Waals surface area contributed by atoms with E-state index in [0.29, 0.717) is 23.4 Å². The van der Waals surface area contributed by atoms with Crippen LogP contribution in [0.3, 0.4) is 0 Å². The van der Waals surface area contributed by atoms with Crippen LogP contribution in [0.1, 0.15) is 13.3 Å². The van der Waals surface area contributed by atoms with Crippen molar-refractivity contribution in [1.82, 2.24) is 4.98 Å². The number of benzene rings is 2. The second kappa shape index (κ2) is 7.53. The number of hydrogen-bond donors (Lipinski definition) is 1. The lowest BCUT2D eigenvalue weighted by Gasteiger charge is -2.04. The van der Waals surface area contributed by atoms with E-state index in [2.05, 4.69) is 4.98 Å². The Morgan fingerprint density at radius 1 is 1.16 bits per heavy atom. The first-order chi connectivity index (χ1) is 12.1. The van der Waals surface area contributed by atoms with Gasteiger partial charge < -0.3 is 9.52 Å². The van der Waals surface area contributed by atoms with E-state index in [1.165, 1.54) is 12.1 Å². The van der Waals surface area contributed by atoms with E-state index in [1.54, 1.807) is 19.1 Å². The summed E-state index contributed by atoms with van der Waals surface area (Å²) in [6.45, 7) is 1.80. The third-order valence-electron chi connectivity index (χ3n) is 3.65. The Hall–Kier alpha value is -2.60. The van der Waals surface area contributed by atoms with E-state index in [-0.39, 0.29) is 11.0 Å². The third-order valence-corrected chi connectivity index (χ3v) is 4.85. The van der Waals surface area contributed by atoms with Crippen LogP contribution < -0.4 is 0 Å². The molecular weight excluding hydrogens is 341 g/mol. The largest absolute Gasteiger partial charge is 0.480 e. The smallest absolute Gasteiger partial charge is 0.317 e. The second-order valence-corrected chi connectivity index (χ2v) is 6.54. The van der Waals surface area contributed by atoms with Gasteiger partial charge in [-0.3, -0.25) is 4.79 Å². The Morgan fingerprint density at radius 3 is 2.44 bits per heavy atom. The van der Waals surface area contributed by atoms with E-state index in [0.717, 1.165) is 17.3 Å². The SMILES string of the molecule is CCC(Sc1nc(-c2ccc(F)cc2)c(-c2ccccc2)o1)C(=O)O. The number of carbonyl (C=O) groups is 1. The van der Waals surface area contributed by atoms with Crippen LogP contribution in [0.25, 0.3) is 22.6 Å². The molecule has 25 heavy (non-hydrogen) atoms. The summed E-state index contributed by atoms with van der Waals surface area (Å²) in [4.78, 5) is 15.7. The van der Waals surface area contributed by atoms with Gasteiger partial charge in [-0.2, -0.15) is 0 Å². The highest BCUT2D eigenvalue weighted by Gasteiger charge is 2.23. The monoisotopic (exact) mass is 357 g/mol. The number of nitrogens with zero attached hydrogens (tertiary/aromatic N) is 1. The molecule has 2 aromatic carbocycles. The topological polar surface area (TPSA) is 63.3 Å². The summed E-state index contributed by atoms with van der Waals surface area (Å²) in [5.74, 6) is -0.703. The zero-order valence-corrected chi connectivity index (χ0v) is 14.3. The maximum Gasteiger partial charge on any atom is 0.317 e. The molecule has 0 saturated heterocycles. The van der Waals surface area contributed by atoms with Crippen LogP contribution in [-0.4, -0.2) is 21.3 Å². The first-order valence-electron chi connectivity index (χ1n) is 7.80. The van der Waals surface area contributed by atoms with Crippen LogP contribution in [0.4, 0.5) is 4.39 Å². The molecular formula is C19H16FNO3S. The van der Waals surface area contributed by atoms with Crippen molar-refractivity contribution in [2.75, 3.05) is 0 Å². The van der Waals surface area contributed by atoms with Gasteiger partial charge in [-0.15, -0.1) is 0 Å². The van der Waals surface area contributed by atoms with E-state index < -0.39 is 11.2 Å². The fourth-order valence-electron chi connectivity index (χ4n) is 2.37. The first-order valence-corrected chi connectivity index (χ1v) is 8.68. The Labute approximate surface area is 148 Å². The maximum atomic E-state index is 13.2. The molecule has 0 spiro atoms. The Balaban J connectivity index is 2.05. The lowest BCUT2D eigenvalue weighted by molar-refractivity contribution is -0.136. The number of rotatable bonds is 6.